The molecule has 0 bridgehead atoms. The molecular formula is C12H16O5. The maximum absolute atomic E-state index is 10.4. The summed E-state index contributed by atoms with van der Waals surface area (Å²) in [5, 5.41) is 0. The quantitative estimate of drug-likeness (QED) is 0.408. The van der Waals surface area contributed by atoms with Crippen LogP contribution in [0.3, 0.4) is 0 Å². The summed E-state index contributed by atoms with van der Waals surface area (Å²) in [5.41, 5.74) is 0. The van der Waals surface area contributed by atoms with Crippen molar-refractivity contribution in [3.05, 3.63) is 46.1 Å². The smallest absolute Gasteiger partial charge is 0.330 e. The molecule has 0 N–H and O–H groups in total. The monoisotopic (exact) mass is 240 g/mol. The van der Waals surface area contributed by atoms with E-state index < -0.39 is 11.9 Å². The Labute approximate surface area is 102 Å². The molecule has 0 saturated heterocycles. The molecule has 0 saturated carbocycles. The summed E-state index contributed by atoms with van der Waals surface area (Å²) >= 11 is 0. The first-order valence-corrected chi connectivity index (χ1v) is 4.35. The molecule has 17 heavy (non-hydrogen) atoms. The van der Waals surface area contributed by atoms with E-state index in [9.17, 15) is 9.59 Å². The van der Waals surface area contributed by atoms with Crippen LogP contribution < -0.4 is 0 Å². The zero-order chi connectivity index (χ0) is 14.1. The number of esters is 2. The Morgan fingerprint density at radius 2 is 1.24 bits per heavy atom. The lowest BCUT2D eigenvalue weighted by Gasteiger charge is -2.01. The number of hydrogen-bond acceptors (Lipinski definition) is 5. The van der Waals surface area contributed by atoms with Gasteiger partial charge in [0.25, 0.3) is 0 Å². The molecule has 0 atom stereocenters. The van der Waals surface area contributed by atoms with Gasteiger partial charge in [0, 0.05) is 19.1 Å². The fraction of sp³-hybridized carbons (Fsp3) is 0.167. The zero-order valence-corrected chi connectivity index (χ0v) is 9.65. The van der Waals surface area contributed by atoms with Crippen LogP contribution in [0.4, 0.5) is 0 Å². The number of carbonyl (C=O) groups is 2. The second-order valence-corrected chi connectivity index (χ2v) is 1.89. The van der Waals surface area contributed by atoms with E-state index in [4.69, 9.17) is 4.79 Å². The van der Waals surface area contributed by atoms with Crippen LogP contribution in [0.5, 0.6) is 0 Å². The van der Waals surface area contributed by atoms with Gasteiger partial charge in [-0.1, -0.05) is 27.0 Å². The highest BCUT2D eigenvalue weighted by Gasteiger charge is 1.97. The first kappa shape index (κ1) is 20.5. The topological polar surface area (TPSA) is 69.7 Å². The molecule has 0 aliphatic carbocycles. The Bertz CT molecular complexity index is 211. The van der Waals surface area contributed by atoms with Gasteiger partial charge in [0.05, 0.1) is 0 Å². The largest absolute Gasteiger partial charge is 0.459 e. The van der Waals surface area contributed by atoms with Crippen LogP contribution in [0.1, 0.15) is 0 Å². The van der Waals surface area contributed by atoms with Crippen molar-refractivity contribution in [2.24, 2.45) is 0 Å². The molecule has 0 aromatic carbocycles. The van der Waals surface area contributed by atoms with E-state index >= 15 is 0 Å². The SMILES string of the molecule is C=CC(=O)OCCOC(=O)C=C.[CH2][CH2].[CH2][C]=O. The van der Waals surface area contributed by atoms with Crippen molar-refractivity contribution < 1.29 is 23.9 Å². The Hall–Kier alpha value is -1.91. The van der Waals surface area contributed by atoms with Crippen LogP contribution >= 0.6 is 0 Å². The summed E-state index contributed by atoms with van der Waals surface area (Å²) in [4.78, 5) is 29.4. The van der Waals surface area contributed by atoms with Crippen LogP contribution in [0.25, 0.3) is 0 Å². The molecule has 0 fully saturated rings. The van der Waals surface area contributed by atoms with Gasteiger partial charge in [-0.2, -0.15) is 0 Å². The van der Waals surface area contributed by atoms with E-state index in [0.717, 1.165) is 12.2 Å². The Kier molecular flexibility index (Phi) is 23.7. The molecule has 0 heterocycles. The molecule has 0 spiro atoms. The molecule has 5 heteroatoms. The molecule has 0 aromatic rings. The van der Waals surface area contributed by atoms with E-state index in [2.05, 4.69) is 43.4 Å². The lowest BCUT2D eigenvalue weighted by Crippen LogP contribution is -2.10. The number of rotatable bonds is 5. The third kappa shape index (κ3) is 24.9. The van der Waals surface area contributed by atoms with Gasteiger partial charge in [-0.15, -0.1) is 0 Å². The summed E-state index contributed by atoms with van der Waals surface area (Å²) in [6, 6.07) is 0. The number of carbonyl (C=O) groups excluding carboxylic acids is 3. The molecule has 0 aliphatic rings. The predicted molar refractivity (Wildman–Crippen MR) is 64.1 cm³/mol. The summed E-state index contributed by atoms with van der Waals surface area (Å²) in [6.07, 6.45) is 3.32. The molecule has 4 radical (unpaired) electrons. The van der Waals surface area contributed by atoms with Crippen molar-refractivity contribution in [3.63, 3.8) is 0 Å². The van der Waals surface area contributed by atoms with Crippen molar-refractivity contribution >= 4 is 18.2 Å². The van der Waals surface area contributed by atoms with E-state index in [1.165, 1.54) is 6.29 Å². The molecule has 0 aromatic heterocycles. The fourth-order valence-electron chi connectivity index (χ4n) is 0.402. The van der Waals surface area contributed by atoms with Crippen molar-refractivity contribution in [2.75, 3.05) is 13.2 Å². The van der Waals surface area contributed by atoms with Gasteiger partial charge in [-0.3, -0.25) is 4.79 Å². The third-order valence-electron chi connectivity index (χ3n) is 0.905. The molecule has 0 amide bonds. The minimum absolute atomic E-state index is 0.0322. The van der Waals surface area contributed by atoms with Gasteiger partial charge in [0.15, 0.2) is 6.29 Å². The van der Waals surface area contributed by atoms with Gasteiger partial charge in [-0.25, -0.2) is 9.59 Å². The standard InChI is InChI=1S/C8H10O4.C2H2O.C2H4/c1-3-7(9)11-5-6-12-8(10)4-2;1-2-3;1-2/h3-4H,1-2,5-6H2;1H2;1-2H2. The zero-order valence-electron chi connectivity index (χ0n) is 9.65. The average Bonchev–Trinajstić information content (AvgIpc) is 2.37. The maximum atomic E-state index is 10.4. The minimum atomic E-state index is -0.537. The van der Waals surface area contributed by atoms with Gasteiger partial charge < -0.3 is 9.47 Å². The normalized spacial score (nSPS) is 7.00. The Morgan fingerprint density at radius 3 is 1.41 bits per heavy atom. The predicted octanol–water partition coefficient (Wildman–Crippen LogP) is 1.03. The van der Waals surface area contributed by atoms with Crippen LogP contribution in [-0.4, -0.2) is 31.4 Å². The number of ether oxygens (including phenoxy) is 2. The first-order chi connectivity index (χ1) is 8.12. The lowest BCUT2D eigenvalue weighted by atomic mass is 10.6. The first-order valence-electron chi connectivity index (χ1n) is 4.35. The second-order valence-electron chi connectivity index (χ2n) is 1.89. The summed E-state index contributed by atoms with van der Waals surface area (Å²) in [6.45, 7) is 15.1. The van der Waals surface area contributed by atoms with Gasteiger partial charge in [0.1, 0.15) is 13.2 Å². The van der Waals surface area contributed by atoms with Crippen molar-refractivity contribution in [2.45, 2.75) is 0 Å². The average molecular weight is 240 g/mol. The van der Waals surface area contributed by atoms with Crippen molar-refractivity contribution in [1.82, 2.24) is 0 Å². The highest BCUT2D eigenvalue weighted by atomic mass is 16.6. The fourth-order valence-corrected chi connectivity index (χ4v) is 0.402. The van der Waals surface area contributed by atoms with E-state index in [1.54, 1.807) is 0 Å². The summed E-state index contributed by atoms with van der Waals surface area (Å²) in [7, 11) is 0. The van der Waals surface area contributed by atoms with Crippen molar-refractivity contribution in [1.29, 1.82) is 0 Å². The van der Waals surface area contributed by atoms with Gasteiger partial charge in [-0.05, 0) is 0 Å². The minimum Gasteiger partial charge on any atom is -0.459 e. The Morgan fingerprint density at radius 1 is 1.00 bits per heavy atom. The molecular weight excluding hydrogens is 224 g/mol. The highest BCUT2D eigenvalue weighted by molar-refractivity contribution is 5.81. The van der Waals surface area contributed by atoms with Crippen LogP contribution in [-0.2, 0) is 23.9 Å². The van der Waals surface area contributed by atoms with E-state index in [-0.39, 0.29) is 13.2 Å². The van der Waals surface area contributed by atoms with Crippen LogP contribution in [0, 0.1) is 20.8 Å². The molecule has 0 rings (SSSR count). The molecule has 0 aliphatic heterocycles. The van der Waals surface area contributed by atoms with Crippen molar-refractivity contribution in [3.8, 4) is 0 Å². The van der Waals surface area contributed by atoms with Gasteiger partial charge in [0.2, 0.25) is 0 Å². The van der Waals surface area contributed by atoms with Crippen LogP contribution in [0.15, 0.2) is 25.3 Å². The molecule has 0 unspecified atom stereocenters. The second kappa shape index (κ2) is 19.6. The Balaban J connectivity index is -0.000000337. The van der Waals surface area contributed by atoms with E-state index in [1.807, 2.05) is 0 Å². The maximum Gasteiger partial charge on any atom is 0.330 e. The summed E-state index contributed by atoms with van der Waals surface area (Å²) in [5.74, 6) is -1.07. The summed E-state index contributed by atoms with van der Waals surface area (Å²) < 4.78 is 9.04. The van der Waals surface area contributed by atoms with E-state index in [0.29, 0.717) is 0 Å². The third-order valence-corrected chi connectivity index (χ3v) is 0.905. The van der Waals surface area contributed by atoms with Gasteiger partial charge >= 0.3 is 11.9 Å². The number of hydrogen-bond donors (Lipinski definition) is 0. The highest BCUT2D eigenvalue weighted by Crippen LogP contribution is 1.82. The molecule has 5 nitrogen and oxygen atoms in total. The molecule has 94 valence electrons. The lowest BCUT2D eigenvalue weighted by molar-refractivity contribution is -0.146. The van der Waals surface area contributed by atoms with Crippen LogP contribution in [0.2, 0.25) is 0 Å².